The van der Waals surface area contributed by atoms with Crippen molar-refractivity contribution in [1.82, 2.24) is 0 Å². The highest BCUT2D eigenvalue weighted by atomic mass is 79.9. The van der Waals surface area contributed by atoms with Gasteiger partial charge in [0.05, 0.1) is 5.02 Å². The first-order chi connectivity index (χ1) is 9.51. The monoisotopic (exact) mass is 372 g/mol. The fourth-order valence-electron chi connectivity index (χ4n) is 1.89. The molecule has 0 radical (unpaired) electrons. The highest BCUT2D eigenvalue weighted by Gasteiger charge is 2.11. The molecule has 0 aliphatic rings. The Hall–Kier alpha value is -0.700. The lowest BCUT2D eigenvalue weighted by Gasteiger charge is -2.15. The molecular formula is C16H15BrCl2O. The van der Waals surface area contributed by atoms with Gasteiger partial charge in [-0.1, -0.05) is 47.4 Å². The average molecular weight is 374 g/mol. The number of alkyl halides is 1. The Morgan fingerprint density at radius 2 is 1.80 bits per heavy atom. The second-order valence-corrected chi connectivity index (χ2v) is 6.43. The van der Waals surface area contributed by atoms with Gasteiger partial charge in [-0.25, -0.2) is 0 Å². The van der Waals surface area contributed by atoms with Crippen LogP contribution in [0.2, 0.25) is 5.02 Å². The van der Waals surface area contributed by atoms with E-state index in [0.29, 0.717) is 22.6 Å². The molecule has 0 fully saturated rings. The van der Waals surface area contributed by atoms with E-state index in [9.17, 15) is 0 Å². The van der Waals surface area contributed by atoms with Crippen molar-refractivity contribution < 1.29 is 4.74 Å². The molecule has 2 aromatic carbocycles. The van der Waals surface area contributed by atoms with Crippen LogP contribution in [0.25, 0.3) is 0 Å². The van der Waals surface area contributed by atoms with Crippen LogP contribution < -0.4 is 4.74 Å². The fraction of sp³-hybridized carbons (Fsp3) is 0.250. The van der Waals surface area contributed by atoms with Crippen LogP contribution in [-0.4, -0.2) is 0 Å². The van der Waals surface area contributed by atoms with Crippen LogP contribution >= 0.6 is 39.1 Å². The zero-order valence-electron chi connectivity index (χ0n) is 11.3. The largest absolute Gasteiger partial charge is 0.456 e. The van der Waals surface area contributed by atoms with Gasteiger partial charge in [0.15, 0.2) is 0 Å². The molecule has 2 rings (SSSR count). The van der Waals surface area contributed by atoms with E-state index in [1.807, 2.05) is 30.3 Å². The summed E-state index contributed by atoms with van der Waals surface area (Å²) in [5, 5.41) is 0.570. The Kier molecular flexibility index (Phi) is 5.36. The number of benzene rings is 2. The van der Waals surface area contributed by atoms with Crippen molar-refractivity contribution in [1.29, 1.82) is 0 Å². The standard InChI is InChI=1S/C16H15BrCl2O/c1-10(2)13-8-12(17)4-6-15(13)20-16-5-3-11(9-18)7-14(16)19/h3-8,10H,9H2,1-2H3. The van der Waals surface area contributed by atoms with Crippen molar-refractivity contribution >= 4 is 39.1 Å². The van der Waals surface area contributed by atoms with Crippen LogP contribution in [-0.2, 0) is 5.88 Å². The van der Waals surface area contributed by atoms with Crippen LogP contribution in [0.5, 0.6) is 11.5 Å². The lowest BCUT2D eigenvalue weighted by Crippen LogP contribution is -1.95. The first kappa shape index (κ1) is 15.7. The highest BCUT2D eigenvalue weighted by molar-refractivity contribution is 9.10. The van der Waals surface area contributed by atoms with Crippen molar-refractivity contribution in [2.45, 2.75) is 25.6 Å². The van der Waals surface area contributed by atoms with E-state index in [1.165, 1.54) is 0 Å². The molecule has 0 saturated heterocycles. The summed E-state index contributed by atoms with van der Waals surface area (Å²) in [6.45, 7) is 4.26. The van der Waals surface area contributed by atoms with Gasteiger partial charge in [0.25, 0.3) is 0 Å². The third-order valence-corrected chi connectivity index (χ3v) is 4.06. The summed E-state index contributed by atoms with van der Waals surface area (Å²) in [7, 11) is 0. The second kappa shape index (κ2) is 6.84. The zero-order chi connectivity index (χ0) is 14.7. The SMILES string of the molecule is CC(C)c1cc(Br)ccc1Oc1ccc(CCl)cc1Cl. The van der Waals surface area contributed by atoms with Crippen molar-refractivity contribution in [2.75, 3.05) is 0 Å². The number of hydrogen-bond acceptors (Lipinski definition) is 1. The van der Waals surface area contributed by atoms with E-state index >= 15 is 0 Å². The predicted molar refractivity (Wildman–Crippen MR) is 89.3 cm³/mol. The summed E-state index contributed by atoms with van der Waals surface area (Å²) in [5.41, 5.74) is 2.11. The number of halogens is 3. The van der Waals surface area contributed by atoms with Crippen molar-refractivity contribution in [3.05, 3.63) is 57.0 Å². The molecule has 0 atom stereocenters. The molecular weight excluding hydrogens is 359 g/mol. The Balaban J connectivity index is 2.35. The first-order valence-electron chi connectivity index (χ1n) is 6.33. The lowest BCUT2D eigenvalue weighted by molar-refractivity contribution is 0.473. The Morgan fingerprint density at radius 1 is 1.10 bits per heavy atom. The highest BCUT2D eigenvalue weighted by Crippen LogP contribution is 2.36. The van der Waals surface area contributed by atoms with Crippen LogP contribution in [0, 0.1) is 0 Å². The van der Waals surface area contributed by atoms with Crippen LogP contribution in [0.4, 0.5) is 0 Å². The molecule has 0 spiro atoms. The summed E-state index contributed by atoms with van der Waals surface area (Å²) in [6.07, 6.45) is 0. The van der Waals surface area contributed by atoms with Gasteiger partial charge in [0.1, 0.15) is 11.5 Å². The maximum atomic E-state index is 6.23. The van der Waals surface area contributed by atoms with E-state index in [1.54, 1.807) is 0 Å². The van der Waals surface area contributed by atoms with Crippen molar-refractivity contribution in [2.24, 2.45) is 0 Å². The molecule has 0 saturated carbocycles. The smallest absolute Gasteiger partial charge is 0.146 e. The van der Waals surface area contributed by atoms with E-state index in [4.69, 9.17) is 27.9 Å². The quantitative estimate of drug-likeness (QED) is 0.538. The maximum Gasteiger partial charge on any atom is 0.146 e. The van der Waals surface area contributed by atoms with Gasteiger partial charge < -0.3 is 4.74 Å². The average Bonchev–Trinajstić information content (AvgIpc) is 2.42. The molecule has 0 aliphatic heterocycles. The Morgan fingerprint density at radius 3 is 2.40 bits per heavy atom. The van der Waals surface area contributed by atoms with Gasteiger partial charge in [0.2, 0.25) is 0 Å². The van der Waals surface area contributed by atoms with Crippen molar-refractivity contribution in [3.8, 4) is 11.5 Å². The van der Waals surface area contributed by atoms with Gasteiger partial charge in [-0.3, -0.25) is 0 Å². The van der Waals surface area contributed by atoms with Crippen LogP contribution in [0.3, 0.4) is 0 Å². The lowest BCUT2D eigenvalue weighted by atomic mass is 10.0. The molecule has 0 aromatic heterocycles. The third kappa shape index (κ3) is 3.69. The van der Waals surface area contributed by atoms with Gasteiger partial charge >= 0.3 is 0 Å². The number of ether oxygens (including phenoxy) is 1. The summed E-state index contributed by atoms with van der Waals surface area (Å²) in [6, 6.07) is 11.6. The Bertz CT molecular complexity index is 611. The van der Waals surface area contributed by atoms with E-state index in [2.05, 4.69) is 35.8 Å². The minimum absolute atomic E-state index is 0.364. The molecule has 2 aromatic rings. The molecule has 0 heterocycles. The molecule has 1 nitrogen and oxygen atoms in total. The van der Waals surface area contributed by atoms with Crippen LogP contribution in [0.15, 0.2) is 40.9 Å². The first-order valence-corrected chi connectivity index (χ1v) is 8.03. The molecule has 0 aliphatic carbocycles. The van der Waals surface area contributed by atoms with E-state index in [-0.39, 0.29) is 0 Å². The zero-order valence-corrected chi connectivity index (χ0v) is 14.4. The summed E-state index contributed by atoms with van der Waals surface area (Å²) in [4.78, 5) is 0. The molecule has 106 valence electrons. The second-order valence-electron chi connectivity index (χ2n) is 4.84. The molecule has 0 unspecified atom stereocenters. The van der Waals surface area contributed by atoms with Gasteiger partial charge in [-0.15, -0.1) is 11.6 Å². The molecule has 0 bridgehead atoms. The van der Waals surface area contributed by atoms with E-state index in [0.717, 1.165) is 21.3 Å². The van der Waals surface area contributed by atoms with Crippen LogP contribution in [0.1, 0.15) is 30.9 Å². The van der Waals surface area contributed by atoms with Gasteiger partial charge in [-0.2, -0.15) is 0 Å². The maximum absolute atomic E-state index is 6.23. The summed E-state index contributed by atoms with van der Waals surface area (Å²) < 4.78 is 7.00. The minimum atomic E-state index is 0.364. The topological polar surface area (TPSA) is 9.23 Å². The van der Waals surface area contributed by atoms with E-state index < -0.39 is 0 Å². The predicted octanol–water partition coefficient (Wildman–Crippen LogP) is 6.76. The number of hydrogen-bond donors (Lipinski definition) is 0. The van der Waals surface area contributed by atoms with Crippen molar-refractivity contribution in [3.63, 3.8) is 0 Å². The molecule has 0 N–H and O–H groups in total. The normalized spacial score (nSPS) is 10.9. The molecule has 20 heavy (non-hydrogen) atoms. The minimum Gasteiger partial charge on any atom is -0.456 e. The Labute approximate surface area is 138 Å². The molecule has 4 heteroatoms. The summed E-state index contributed by atoms with van der Waals surface area (Å²) >= 11 is 15.5. The van der Waals surface area contributed by atoms with Gasteiger partial charge in [0, 0.05) is 10.4 Å². The third-order valence-electron chi connectivity index (χ3n) is 2.96. The molecule has 0 amide bonds. The summed E-state index contributed by atoms with van der Waals surface area (Å²) in [5.74, 6) is 2.27. The fourth-order valence-corrected chi connectivity index (χ4v) is 2.68. The van der Waals surface area contributed by atoms with Gasteiger partial charge in [-0.05, 0) is 47.4 Å². The number of rotatable bonds is 4.